The fraction of sp³-hybridized carbons (Fsp3) is 0.133. The van der Waals surface area contributed by atoms with Gasteiger partial charge < -0.3 is 14.6 Å². The summed E-state index contributed by atoms with van der Waals surface area (Å²) in [5.41, 5.74) is 0.634. The molecule has 0 amide bonds. The molecule has 24 heavy (non-hydrogen) atoms. The monoisotopic (exact) mass is 349 g/mol. The van der Waals surface area contributed by atoms with E-state index in [0.29, 0.717) is 12.2 Å². The molecule has 1 N–H and O–H groups in total. The van der Waals surface area contributed by atoms with Crippen LogP contribution in [0.15, 0.2) is 42.9 Å². The number of hydrogen-bond donors (Lipinski definition) is 1. The third-order valence-corrected chi connectivity index (χ3v) is 3.58. The van der Waals surface area contributed by atoms with E-state index in [1.54, 1.807) is 30.7 Å². The lowest BCUT2D eigenvalue weighted by Crippen LogP contribution is -2.22. The summed E-state index contributed by atoms with van der Waals surface area (Å²) < 4.78 is 36.1. The summed E-state index contributed by atoms with van der Waals surface area (Å²) in [6.07, 6.45) is 4.69. The van der Waals surface area contributed by atoms with E-state index in [0.717, 1.165) is 0 Å². The summed E-state index contributed by atoms with van der Waals surface area (Å²) in [5.74, 6) is -1.39. The Morgan fingerprint density at radius 2 is 1.92 bits per heavy atom. The number of methoxy groups -OCH3 is 1. The molecule has 9 heteroatoms. The quantitative estimate of drug-likeness (QED) is 0.733. The van der Waals surface area contributed by atoms with E-state index in [-0.39, 0.29) is 16.5 Å². The van der Waals surface area contributed by atoms with Crippen LogP contribution in [-0.2, 0) is 11.3 Å². The van der Waals surface area contributed by atoms with Crippen molar-refractivity contribution in [3.63, 3.8) is 0 Å². The van der Waals surface area contributed by atoms with E-state index >= 15 is 0 Å². The van der Waals surface area contributed by atoms with E-state index in [2.05, 4.69) is 15.6 Å². The van der Waals surface area contributed by atoms with Gasteiger partial charge in [0.05, 0.1) is 25.5 Å². The van der Waals surface area contributed by atoms with Crippen molar-refractivity contribution in [3.05, 3.63) is 60.2 Å². The minimum absolute atomic E-state index is 0.142. The SMILES string of the molecule is COC(=S)NCc1cn(-c2cc(F)c(-n3cccc3)c(F)c2)nn1. The Morgan fingerprint density at radius 3 is 2.54 bits per heavy atom. The molecule has 1 aromatic carbocycles. The van der Waals surface area contributed by atoms with E-state index in [4.69, 9.17) is 17.0 Å². The smallest absolute Gasteiger partial charge is 0.256 e. The maximum Gasteiger partial charge on any atom is 0.256 e. The number of nitrogens with zero attached hydrogens (tertiary/aromatic N) is 4. The van der Waals surface area contributed by atoms with Crippen LogP contribution in [-0.4, -0.2) is 31.8 Å². The van der Waals surface area contributed by atoms with E-state index in [9.17, 15) is 8.78 Å². The van der Waals surface area contributed by atoms with Gasteiger partial charge in [-0.2, -0.15) is 0 Å². The van der Waals surface area contributed by atoms with Crippen molar-refractivity contribution in [3.8, 4) is 11.4 Å². The fourth-order valence-corrected chi connectivity index (χ4v) is 2.23. The second kappa shape index (κ2) is 6.75. The number of thiocarbonyl (C=S) groups is 1. The van der Waals surface area contributed by atoms with Crippen molar-refractivity contribution < 1.29 is 13.5 Å². The van der Waals surface area contributed by atoms with Gasteiger partial charge in [-0.1, -0.05) is 5.21 Å². The van der Waals surface area contributed by atoms with Crippen molar-refractivity contribution >= 4 is 17.4 Å². The zero-order valence-corrected chi connectivity index (χ0v) is 13.4. The van der Waals surface area contributed by atoms with E-state index in [1.807, 2.05) is 0 Å². The number of hydrogen-bond acceptors (Lipinski definition) is 4. The molecular weight excluding hydrogens is 336 g/mol. The predicted octanol–water partition coefficient (Wildman–Crippen LogP) is 2.36. The van der Waals surface area contributed by atoms with Crippen molar-refractivity contribution in [2.24, 2.45) is 0 Å². The Morgan fingerprint density at radius 1 is 1.25 bits per heavy atom. The molecule has 0 atom stereocenters. The van der Waals surface area contributed by atoms with Crippen LogP contribution >= 0.6 is 12.2 Å². The number of halogens is 2. The van der Waals surface area contributed by atoms with Gasteiger partial charge in [-0.25, -0.2) is 13.5 Å². The second-order valence-corrected chi connectivity index (χ2v) is 5.22. The van der Waals surface area contributed by atoms with Crippen molar-refractivity contribution in [2.45, 2.75) is 6.54 Å². The maximum absolute atomic E-state index is 14.3. The largest absolute Gasteiger partial charge is 0.474 e. The molecule has 0 aliphatic rings. The van der Waals surface area contributed by atoms with Crippen molar-refractivity contribution in [1.29, 1.82) is 0 Å². The topological polar surface area (TPSA) is 56.9 Å². The normalized spacial score (nSPS) is 10.6. The second-order valence-electron chi connectivity index (χ2n) is 4.85. The lowest BCUT2D eigenvalue weighted by Gasteiger charge is -2.09. The van der Waals surface area contributed by atoms with Gasteiger partial charge in [0.25, 0.3) is 5.17 Å². The summed E-state index contributed by atoms with van der Waals surface area (Å²) in [6, 6.07) is 5.77. The first-order valence-electron chi connectivity index (χ1n) is 6.94. The molecule has 2 aromatic heterocycles. The molecule has 0 radical (unpaired) electrons. The number of nitrogens with one attached hydrogen (secondary N) is 1. The highest BCUT2D eigenvalue weighted by Crippen LogP contribution is 2.21. The van der Waals surface area contributed by atoms with Gasteiger partial charge in [0, 0.05) is 24.5 Å². The van der Waals surface area contributed by atoms with Crippen LogP contribution in [0.3, 0.4) is 0 Å². The summed E-state index contributed by atoms with van der Waals surface area (Å²) >= 11 is 4.85. The first-order valence-corrected chi connectivity index (χ1v) is 7.35. The molecule has 0 fully saturated rings. The van der Waals surface area contributed by atoms with Crippen molar-refractivity contribution in [1.82, 2.24) is 24.9 Å². The first-order chi connectivity index (χ1) is 11.6. The molecule has 0 spiro atoms. The first kappa shape index (κ1) is 16.1. The molecule has 0 saturated heterocycles. The van der Waals surface area contributed by atoms with Crippen LogP contribution in [0.5, 0.6) is 0 Å². The van der Waals surface area contributed by atoms with Gasteiger partial charge in [-0.3, -0.25) is 0 Å². The number of ether oxygens (including phenoxy) is 1. The highest BCUT2D eigenvalue weighted by molar-refractivity contribution is 7.80. The fourth-order valence-electron chi connectivity index (χ4n) is 2.16. The lowest BCUT2D eigenvalue weighted by molar-refractivity contribution is 0.392. The molecule has 3 aromatic rings. The Hall–Kier alpha value is -2.81. The minimum atomic E-state index is -0.697. The third kappa shape index (κ3) is 3.25. The summed E-state index contributed by atoms with van der Waals surface area (Å²) in [5, 5.41) is 10.8. The highest BCUT2D eigenvalue weighted by Gasteiger charge is 2.14. The van der Waals surface area contributed by atoms with Crippen LogP contribution in [0.2, 0.25) is 0 Å². The van der Waals surface area contributed by atoms with Crippen LogP contribution in [0.4, 0.5) is 8.78 Å². The Balaban J connectivity index is 1.86. The standard InChI is InChI=1S/C15H13F2N5OS/c1-23-15(24)18-8-10-9-22(20-19-10)11-6-12(16)14(13(17)7-11)21-4-2-3-5-21/h2-7,9H,8H2,1H3,(H,18,24). The molecule has 0 aliphatic carbocycles. The molecule has 6 nitrogen and oxygen atoms in total. The van der Waals surface area contributed by atoms with Gasteiger partial charge in [0.1, 0.15) is 11.4 Å². The maximum atomic E-state index is 14.3. The van der Waals surface area contributed by atoms with E-state index in [1.165, 1.54) is 28.5 Å². The average molecular weight is 349 g/mol. The van der Waals surface area contributed by atoms with Gasteiger partial charge in [0.15, 0.2) is 11.6 Å². The molecule has 3 rings (SSSR count). The molecule has 2 heterocycles. The van der Waals surface area contributed by atoms with Gasteiger partial charge in [-0.05, 0) is 24.4 Å². The van der Waals surface area contributed by atoms with E-state index < -0.39 is 11.6 Å². The zero-order chi connectivity index (χ0) is 17.1. The van der Waals surface area contributed by atoms with Crippen LogP contribution in [0.25, 0.3) is 11.4 Å². The van der Waals surface area contributed by atoms with Gasteiger partial charge in [-0.15, -0.1) is 5.10 Å². The molecule has 0 saturated carbocycles. The van der Waals surface area contributed by atoms with Crippen LogP contribution < -0.4 is 5.32 Å². The number of aromatic nitrogens is 4. The summed E-state index contributed by atoms with van der Waals surface area (Å²) in [7, 11) is 1.45. The Kier molecular flexibility index (Phi) is 4.52. The minimum Gasteiger partial charge on any atom is -0.474 e. The molecule has 0 aliphatic heterocycles. The highest BCUT2D eigenvalue weighted by atomic mass is 32.1. The lowest BCUT2D eigenvalue weighted by atomic mass is 10.2. The third-order valence-electron chi connectivity index (χ3n) is 3.27. The average Bonchev–Trinajstić information content (AvgIpc) is 3.23. The summed E-state index contributed by atoms with van der Waals surface area (Å²) in [4.78, 5) is 0. The molecule has 0 bridgehead atoms. The Bertz CT molecular complexity index is 840. The predicted molar refractivity (Wildman–Crippen MR) is 87.0 cm³/mol. The zero-order valence-electron chi connectivity index (χ0n) is 12.6. The van der Waals surface area contributed by atoms with Gasteiger partial charge in [0.2, 0.25) is 0 Å². The van der Waals surface area contributed by atoms with Crippen molar-refractivity contribution in [2.75, 3.05) is 7.11 Å². The molecule has 0 unspecified atom stereocenters. The summed E-state index contributed by atoms with van der Waals surface area (Å²) in [6.45, 7) is 0.291. The van der Waals surface area contributed by atoms with Crippen LogP contribution in [0, 0.1) is 11.6 Å². The number of benzene rings is 1. The molecule has 124 valence electrons. The Labute approximate surface area is 141 Å². The van der Waals surface area contributed by atoms with Crippen LogP contribution in [0.1, 0.15) is 5.69 Å². The van der Waals surface area contributed by atoms with Gasteiger partial charge >= 0.3 is 0 Å². The molecular formula is C15H13F2N5OS. The number of rotatable bonds is 4.